The molecule has 1 atom stereocenters. The molecule has 0 spiro atoms. The van der Waals surface area contributed by atoms with E-state index < -0.39 is 0 Å². The molecule has 0 aliphatic carbocycles. The van der Waals surface area contributed by atoms with Crippen LogP contribution in [0.1, 0.15) is 36.6 Å². The van der Waals surface area contributed by atoms with Gasteiger partial charge >= 0.3 is 0 Å². The number of ether oxygens (including phenoxy) is 1. The third kappa shape index (κ3) is 4.66. The van der Waals surface area contributed by atoms with Gasteiger partial charge < -0.3 is 10.1 Å². The number of halogens is 1. The number of methoxy groups -OCH3 is 1. The van der Waals surface area contributed by atoms with Crippen LogP contribution in [0.5, 0.6) is 5.75 Å². The lowest BCUT2D eigenvalue weighted by Gasteiger charge is -2.16. The normalized spacial score (nSPS) is 12.5. The molecule has 0 aromatic carbocycles. The number of alkyl halides is 1. The third-order valence-electron chi connectivity index (χ3n) is 3.57. The number of hydrogen-bond acceptors (Lipinski definition) is 3. The number of rotatable bonds is 8. The molecule has 0 saturated carbocycles. The van der Waals surface area contributed by atoms with E-state index in [1.54, 1.807) is 7.11 Å². The van der Waals surface area contributed by atoms with E-state index in [-0.39, 0.29) is 0 Å². The fraction of sp³-hybridized carbons (Fsp3) is 0.667. The van der Waals surface area contributed by atoms with Crippen molar-refractivity contribution < 1.29 is 4.74 Å². The van der Waals surface area contributed by atoms with Crippen molar-refractivity contribution in [2.45, 2.75) is 40.2 Å². The fourth-order valence-electron chi connectivity index (χ4n) is 2.25. The zero-order chi connectivity index (χ0) is 14.3. The minimum absolute atomic E-state index is 0.644. The van der Waals surface area contributed by atoms with Gasteiger partial charge in [-0.15, -0.1) is 11.6 Å². The van der Waals surface area contributed by atoms with Crippen molar-refractivity contribution in [1.82, 2.24) is 10.3 Å². The summed E-state index contributed by atoms with van der Waals surface area (Å²) in [6, 6.07) is 0. The smallest absolute Gasteiger partial charge is 0.128 e. The second-order valence-electron chi connectivity index (χ2n) is 4.93. The molecule has 1 N–H and O–H groups in total. The summed E-state index contributed by atoms with van der Waals surface area (Å²) in [5, 5.41) is 3.47. The summed E-state index contributed by atoms with van der Waals surface area (Å²) in [5.74, 6) is 2.32. The predicted molar refractivity (Wildman–Crippen MR) is 81.1 cm³/mol. The monoisotopic (exact) mass is 284 g/mol. The largest absolute Gasteiger partial charge is 0.496 e. The Morgan fingerprint density at radius 2 is 2.16 bits per heavy atom. The second kappa shape index (κ2) is 8.39. The number of aromatic nitrogens is 1. The van der Waals surface area contributed by atoms with Gasteiger partial charge in [0, 0.05) is 29.7 Å². The molecule has 1 aromatic heterocycles. The number of pyridine rings is 1. The summed E-state index contributed by atoms with van der Waals surface area (Å²) < 4.78 is 5.42. The first kappa shape index (κ1) is 16.3. The van der Waals surface area contributed by atoms with E-state index in [9.17, 15) is 0 Å². The summed E-state index contributed by atoms with van der Waals surface area (Å²) in [6.07, 6.45) is 4.09. The average Bonchev–Trinajstić information content (AvgIpc) is 2.40. The van der Waals surface area contributed by atoms with Gasteiger partial charge in [0.1, 0.15) is 5.75 Å². The molecule has 0 amide bonds. The minimum Gasteiger partial charge on any atom is -0.496 e. The zero-order valence-electron chi connectivity index (χ0n) is 12.4. The first-order valence-electron chi connectivity index (χ1n) is 6.89. The highest BCUT2D eigenvalue weighted by Crippen LogP contribution is 2.23. The lowest BCUT2D eigenvalue weighted by atomic mass is 10.0. The topological polar surface area (TPSA) is 34.2 Å². The Balaban J connectivity index is 2.58. The van der Waals surface area contributed by atoms with Crippen LogP contribution in [0.2, 0.25) is 0 Å². The number of aryl methyl sites for hydroxylation is 1. The Morgan fingerprint density at radius 3 is 2.74 bits per heavy atom. The SMILES string of the molecule is CCC(CCCl)CNCc1ncc(C)c(OC)c1C. The Hall–Kier alpha value is -0.800. The minimum atomic E-state index is 0.644. The van der Waals surface area contributed by atoms with Gasteiger partial charge in [0.05, 0.1) is 12.8 Å². The molecule has 19 heavy (non-hydrogen) atoms. The fourth-order valence-corrected chi connectivity index (χ4v) is 2.56. The van der Waals surface area contributed by atoms with Gasteiger partial charge in [-0.1, -0.05) is 13.3 Å². The van der Waals surface area contributed by atoms with Crippen LogP contribution in [0.25, 0.3) is 0 Å². The van der Waals surface area contributed by atoms with E-state index in [4.69, 9.17) is 16.3 Å². The van der Waals surface area contributed by atoms with Crippen molar-refractivity contribution >= 4 is 11.6 Å². The molecule has 0 aliphatic rings. The maximum atomic E-state index is 5.80. The molecule has 3 nitrogen and oxygen atoms in total. The maximum Gasteiger partial charge on any atom is 0.128 e. The van der Waals surface area contributed by atoms with Crippen molar-refractivity contribution in [3.8, 4) is 5.75 Å². The van der Waals surface area contributed by atoms with Gasteiger partial charge in [-0.2, -0.15) is 0 Å². The molecule has 108 valence electrons. The van der Waals surface area contributed by atoms with Gasteiger partial charge in [0.2, 0.25) is 0 Å². The van der Waals surface area contributed by atoms with E-state index in [1.807, 2.05) is 13.1 Å². The van der Waals surface area contributed by atoms with Crippen LogP contribution in [0.3, 0.4) is 0 Å². The Morgan fingerprint density at radius 1 is 1.42 bits per heavy atom. The number of nitrogens with one attached hydrogen (secondary N) is 1. The molecular formula is C15H25ClN2O. The molecule has 0 aliphatic heterocycles. The van der Waals surface area contributed by atoms with Gasteiger partial charge in [-0.05, 0) is 32.7 Å². The zero-order valence-corrected chi connectivity index (χ0v) is 13.2. The number of hydrogen-bond donors (Lipinski definition) is 1. The molecular weight excluding hydrogens is 260 g/mol. The lowest BCUT2D eigenvalue weighted by Crippen LogP contribution is -2.23. The average molecular weight is 285 g/mol. The van der Waals surface area contributed by atoms with E-state index in [0.717, 1.165) is 54.4 Å². The van der Waals surface area contributed by atoms with Crippen LogP contribution in [0, 0.1) is 19.8 Å². The van der Waals surface area contributed by atoms with Crippen LogP contribution < -0.4 is 10.1 Å². The van der Waals surface area contributed by atoms with Crippen LogP contribution in [-0.2, 0) is 6.54 Å². The van der Waals surface area contributed by atoms with Gasteiger partial charge in [-0.25, -0.2) is 0 Å². The molecule has 0 saturated heterocycles. The van der Waals surface area contributed by atoms with Crippen LogP contribution in [0.15, 0.2) is 6.20 Å². The van der Waals surface area contributed by atoms with E-state index in [1.165, 1.54) is 0 Å². The quantitative estimate of drug-likeness (QED) is 0.743. The summed E-state index contributed by atoms with van der Waals surface area (Å²) in [4.78, 5) is 4.49. The van der Waals surface area contributed by atoms with E-state index in [0.29, 0.717) is 5.92 Å². The summed E-state index contributed by atoms with van der Waals surface area (Å²) in [6.45, 7) is 8.05. The lowest BCUT2D eigenvalue weighted by molar-refractivity contribution is 0.405. The highest BCUT2D eigenvalue weighted by molar-refractivity contribution is 6.17. The third-order valence-corrected chi connectivity index (χ3v) is 3.79. The van der Waals surface area contributed by atoms with Crippen molar-refractivity contribution in [2.24, 2.45) is 5.92 Å². The van der Waals surface area contributed by atoms with E-state index >= 15 is 0 Å². The summed E-state index contributed by atoms with van der Waals surface area (Å²) >= 11 is 5.80. The number of nitrogens with zero attached hydrogens (tertiary/aromatic N) is 1. The van der Waals surface area contributed by atoms with Crippen molar-refractivity contribution in [2.75, 3.05) is 19.5 Å². The molecule has 1 aromatic rings. The molecule has 1 heterocycles. The first-order chi connectivity index (χ1) is 9.13. The summed E-state index contributed by atoms with van der Waals surface area (Å²) in [7, 11) is 1.71. The Labute approximate surface area is 121 Å². The van der Waals surface area contributed by atoms with Gasteiger partial charge in [0.25, 0.3) is 0 Å². The first-order valence-corrected chi connectivity index (χ1v) is 7.43. The molecule has 0 bridgehead atoms. The highest BCUT2D eigenvalue weighted by atomic mass is 35.5. The highest BCUT2D eigenvalue weighted by Gasteiger charge is 2.10. The molecule has 1 rings (SSSR count). The Kier molecular flexibility index (Phi) is 7.17. The van der Waals surface area contributed by atoms with Crippen LogP contribution >= 0.6 is 11.6 Å². The molecule has 1 unspecified atom stereocenters. The van der Waals surface area contributed by atoms with Crippen molar-refractivity contribution in [1.29, 1.82) is 0 Å². The summed E-state index contributed by atoms with van der Waals surface area (Å²) in [5.41, 5.74) is 3.26. The Bertz CT molecular complexity index is 396. The van der Waals surface area contributed by atoms with Crippen molar-refractivity contribution in [3.63, 3.8) is 0 Å². The predicted octanol–water partition coefficient (Wildman–Crippen LogP) is 3.45. The van der Waals surface area contributed by atoms with Gasteiger partial charge in [0.15, 0.2) is 0 Å². The standard InChI is InChI=1S/C15H25ClN2O/c1-5-13(6-7-16)9-17-10-14-12(3)15(19-4)11(2)8-18-14/h8,13,17H,5-7,9-10H2,1-4H3. The molecule has 4 heteroatoms. The second-order valence-corrected chi connectivity index (χ2v) is 5.31. The van der Waals surface area contributed by atoms with Gasteiger partial charge in [-0.3, -0.25) is 4.98 Å². The maximum absolute atomic E-state index is 5.80. The van der Waals surface area contributed by atoms with Crippen molar-refractivity contribution in [3.05, 3.63) is 23.0 Å². The van der Waals surface area contributed by atoms with Crippen LogP contribution in [-0.4, -0.2) is 24.5 Å². The van der Waals surface area contributed by atoms with Crippen LogP contribution in [0.4, 0.5) is 0 Å². The van der Waals surface area contributed by atoms with E-state index in [2.05, 4.69) is 24.1 Å². The molecule has 0 radical (unpaired) electrons. The molecule has 0 fully saturated rings.